The van der Waals surface area contributed by atoms with Crippen LogP contribution in [0, 0.1) is 0 Å². The molecule has 0 aliphatic carbocycles. The summed E-state index contributed by atoms with van der Waals surface area (Å²) in [4.78, 5) is 23.5. The van der Waals surface area contributed by atoms with Gasteiger partial charge in [0.1, 0.15) is 5.69 Å². The second-order valence-corrected chi connectivity index (χ2v) is 5.57. The molecule has 0 atom stereocenters. The summed E-state index contributed by atoms with van der Waals surface area (Å²) in [6.45, 7) is 4.54. The summed E-state index contributed by atoms with van der Waals surface area (Å²) in [5, 5.41) is 2.00. The number of anilines is 1. The molecule has 0 aromatic carbocycles. The Morgan fingerprint density at radius 1 is 1.45 bits per heavy atom. The average Bonchev–Trinajstić information content (AvgIpc) is 2.97. The molecule has 2 heterocycles. The number of hydrogen-bond donors (Lipinski definition) is 2. The Kier molecular flexibility index (Phi) is 4.65. The van der Waals surface area contributed by atoms with Crippen LogP contribution in [-0.4, -0.2) is 26.8 Å². The van der Waals surface area contributed by atoms with E-state index in [4.69, 9.17) is 5.84 Å². The number of carbonyl (C=O) groups is 1. The lowest BCUT2D eigenvalue weighted by Crippen LogP contribution is -2.36. The van der Waals surface area contributed by atoms with E-state index in [9.17, 15) is 4.79 Å². The monoisotopic (exact) mass is 291 g/mol. The number of hydrogen-bond acceptors (Lipinski definition) is 6. The lowest BCUT2D eigenvalue weighted by molar-refractivity contribution is 0.0686. The predicted octanol–water partition coefficient (Wildman–Crippen LogP) is 1.87. The molecule has 2 rings (SSSR count). The fourth-order valence-electron chi connectivity index (χ4n) is 1.72. The Labute approximate surface area is 121 Å². The highest BCUT2D eigenvalue weighted by molar-refractivity contribution is 7.09. The van der Waals surface area contributed by atoms with Gasteiger partial charge in [0.05, 0.1) is 18.9 Å². The summed E-state index contributed by atoms with van der Waals surface area (Å²) in [6.07, 6.45) is 2.87. The Balaban J connectivity index is 2.17. The van der Waals surface area contributed by atoms with Gasteiger partial charge in [-0.05, 0) is 25.3 Å². The summed E-state index contributed by atoms with van der Waals surface area (Å²) in [5.41, 5.74) is 2.70. The third kappa shape index (κ3) is 3.31. The Bertz CT molecular complexity index is 553. The van der Waals surface area contributed by atoms with E-state index in [0.717, 1.165) is 4.88 Å². The predicted molar refractivity (Wildman–Crippen MR) is 79.2 cm³/mol. The number of carbonyl (C=O) groups excluding carboxylic acids is 1. The van der Waals surface area contributed by atoms with E-state index in [1.165, 1.54) is 12.4 Å². The smallest absolute Gasteiger partial charge is 0.274 e. The van der Waals surface area contributed by atoms with Gasteiger partial charge in [-0.1, -0.05) is 6.07 Å². The van der Waals surface area contributed by atoms with Crippen LogP contribution >= 0.6 is 11.3 Å². The molecule has 0 saturated heterocycles. The number of rotatable bonds is 5. The minimum absolute atomic E-state index is 0.0821. The van der Waals surface area contributed by atoms with E-state index >= 15 is 0 Å². The summed E-state index contributed by atoms with van der Waals surface area (Å²) in [6, 6.07) is 4.07. The van der Waals surface area contributed by atoms with Crippen LogP contribution in [0.15, 0.2) is 29.9 Å². The molecule has 2 aromatic rings. The van der Waals surface area contributed by atoms with E-state index < -0.39 is 0 Å². The van der Waals surface area contributed by atoms with E-state index in [-0.39, 0.29) is 11.9 Å². The molecule has 3 N–H and O–H groups in total. The minimum atomic E-state index is -0.135. The van der Waals surface area contributed by atoms with Crippen molar-refractivity contribution in [3.8, 4) is 0 Å². The summed E-state index contributed by atoms with van der Waals surface area (Å²) in [5.74, 6) is 5.52. The molecule has 0 aliphatic rings. The molecule has 7 heteroatoms. The molecular weight excluding hydrogens is 274 g/mol. The molecule has 20 heavy (non-hydrogen) atoms. The molecule has 1 amide bonds. The summed E-state index contributed by atoms with van der Waals surface area (Å²) < 4.78 is 0. The minimum Gasteiger partial charge on any atom is -0.330 e. The Hall–Kier alpha value is -1.99. The Morgan fingerprint density at radius 2 is 2.25 bits per heavy atom. The molecular formula is C13H17N5OS. The highest BCUT2D eigenvalue weighted by Gasteiger charge is 2.20. The second-order valence-electron chi connectivity index (χ2n) is 4.54. The van der Waals surface area contributed by atoms with E-state index in [1.54, 1.807) is 16.2 Å². The van der Waals surface area contributed by atoms with E-state index in [0.29, 0.717) is 18.1 Å². The van der Waals surface area contributed by atoms with Gasteiger partial charge in [0.2, 0.25) is 0 Å². The van der Waals surface area contributed by atoms with Crippen molar-refractivity contribution in [3.05, 3.63) is 40.5 Å². The average molecular weight is 291 g/mol. The Morgan fingerprint density at radius 3 is 2.75 bits per heavy atom. The van der Waals surface area contributed by atoms with E-state index in [2.05, 4.69) is 15.4 Å². The first-order chi connectivity index (χ1) is 9.61. The van der Waals surface area contributed by atoms with Gasteiger partial charge in [-0.15, -0.1) is 11.3 Å². The fourth-order valence-corrected chi connectivity index (χ4v) is 2.42. The van der Waals surface area contributed by atoms with Gasteiger partial charge in [-0.3, -0.25) is 4.79 Å². The number of nitrogens with zero attached hydrogens (tertiary/aromatic N) is 3. The quantitative estimate of drug-likeness (QED) is 0.649. The van der Waals surface area contributed by atoms with Crippen LogP contribution < -0.4 is 11.3 Å². The molecule has 6 nitrogen and oxygen atoms in total. The molecule has 0 radical (unpaired) electrons. The molecule has 0 bridgehead atoms. The van der Waals surface area contributed by atoms with Crippen LogP contribution in [0.2, 0.25) is 0 Å². The van der Waals surface area contributed by atoms with Crippen molar-refractivity contribution in [3.63, 3.8) is 0 Å². The standard InChI is InChI=1S/C13H17N5OS/c1-9(2)18(8-10-4-3-5-20-10)13(19)11-6-16-12(17-14)7-15-11/h3-7,9H,8,14H2,1-2H3,(H,16,17). The zero-order valence-corrected chi connectivity index (χ0v) is 12.2. The molecule has 2 aromatic heterocycles. The molecule has 0 aliphatic heterocycles. The van der Waals surface area contributed by atoms with Crippen molar-refractivity contribution in [1.29, 1.82) is 0 Å². The van der Waals surface area contributed by atoms with Gasteiger partial charge < -0.3 is 10.3 Å². The van der Waals surface area contributed by atoms with Crippen molar-refractivity contribution in [2.75, 3.05) is 5.43 Å². The van der Waals surface area contributed by atoms with Gasteiger partial charge in [-0.25, -0.2) is 15.8 Å². The largest absolute Gasteiger partial charge is 0.330 e. The maximum atomic E-state index is 12.5. The van der Waals surface area contributed by atoms with Gasteiger partial charge in [-0.2, -0.15) is 0 Å². The van der Waals surface area contributed by atoms with Gasteiger partial charge in [0.25, 0.3) is 5.91 Å². The zero-order valence-electron chi connectivity index (χ0n) is 11.4. The van der Waals surface area contributed by atoms with Crippen LogP contribution in [-0.2, 0) is 6.54 Å². The van der Waals surface area contributed by atoms with Crippen LogP contribution in [0.25, 0.3) is 0 Å². The van der Waals surface area contributed by atoms with Gasteiger partial charge in [0, 0.05) is 10.9 Å². The lowest BCUT2D eigenvalue weighted by atomic mass is 10.2. The maximum Gasteiger partial charge on any atom is 0.274 e. The van der Waals surface area contributed by atoms with Crippen LogP contribution in [0.3, 0.4) is 0 Å². The highest BCUT2D eigenvalue weighted by Crippen LogP contribution is 2.16. The number of thiophene rings is 1. The number of aromatic nitrogens is 2. The van der Waals surface area contributed by atoms with Gasteiger partial charge >= 0.3 is 0 Å². The molecule has 0 saturated carbocycles. The van der Waals surface area contributed by atoms with Crippen molar-refractivity contribution in [1.82, 2.24) is 14.9 Å². The highest BCUT2D eigenvalue weighted by atomic mass is 32.1. The first-order valence-corrected chi connectivity index (χ1v) is 7.11. The number of nitrogens with two attached hydrogens (primary N) is 1. The van der Waals surface area contributed by atoms with Crippen molar-refractivity contribution in [2.24, 2.45) is 5.84 Å². The first kappa shape index (κ1) is 14.4. The molecule has 0 spiro atoms. The lowest BCUT2D eigenvalue weighted by Gasteiger charge is -2.25. The SMILES string of the molecule is CC(C)N(Cc1cccs1)C(=O)c1cnc(NN)cn1. The number of nitrogen functional groups attached to an aromatic ring is 1. The van der Waals surface area contributed by atoms with Crippen molar-refractivity contribution < 1.29 is 4.79 Å². The topological polar surface area (TPSA) is 84.1 Å². The zero-order chi connectivity index (χ0) is 14.5. The maximum absolute atomic E-state index is 12.5. The third-order valence-corrected chi connectivity index (χ3v) is 3.67. The normalized spacial score (nSPS) is 10.6. The van der Waals surface area contributed by atoms with Gasteiger partial charge in [0.15, 0.2) is 5.82 Å². The number of amides is 1. The third-order valence-electron chi connectivity index (χ3n) is 2.81. The van der Waals surface area contributed by atoms with Crippen LogP contribution in [0.5, 0.6) is 0 Å². The summed E-state index contributed by atoms with van der Waals surface area (Å²) in [7, 11) is 0. The molecule has 106 valence electrons. The molecule has 0 unspecified atom stereocenters. The van der Waals surface area contributed by atoms with E-state index in [1.807, 2.05) is 31.4 Å². The number of nitrogens with one attached hydrogen (secondary N) is 1. The van der Waals surface area contributed by atoms with Crippen LogP contribution in [0.1, 0.15) is 29.2 Å². The summed E-state index contributed by atoms with van der Waals surface area (Å²) >= 11 is 1.63. The number of hydrazine groups is 1. The van der Waals surface area contributed by atoms with Crippen molar-refractivity contribution in [2.45, 2.75) is 26.4 Å². The second kappa shape index (κ2) is 6.44. The fraction of sp³-hybridized carbons (Fsp3) is 0.308. The van der Waals surface area contributed by atoms with Crippen LogP contribution in [0.4, 0.5) is 5.82 Å². The van der Waals surface area contributed by atoms with Crippen molar-refractivity contribution >= 4 is 23.1 Å². The molecule has 0 fully saturated rings. The first-order valence-electron chi connectivity index (χ1n) is 6.24.